The van der Waals surface area contributed by atoms with Crippen LogP contribution in [0.3, 0.4) is 0 Å². The first-order valence-corrected chi connectivity index (χ1v) is 5.60. The molecule has 3 N–H and O–H groups in total. The van der Waals surface area contributed by atoms with Gasteiger partial charge in [-0.2, -0.15) is 0 Å². The summed E-state index contributed by atoms with van der Waals surface area (Å²) < 4.78 is 26.2. The third-order valence-corrected chi connectivity index (χ3v) is 2.63. The maximum Gasteiger partial charge on any atom is 0.257 e. The third kappa shape index (κ3) is 2.88. The number of carbonyl (C=O) groups is 1. The monoisotopic (exact) mass is 262 g/mol. The number of hydrogen-bond donors (Lipinski definition) is 2. The summed E-state index contributed by atoms with van der Waals surface area (Å²) in [4.78, 5) is 12.0. The molecule has 0 fully saturated rings. The number of nitrogens with two attached hydrogens (primary N) is 1. The summed E-state index contributed by atoms with van der Waals surface area (Å²) in [6.07, 6.45) is 0. The Bertz CT molecular complexity index is 641. The van der Waals surface area contributed by atoms with Gasteiger partial charge in [0, 0.05) is 11.8 Å². The predicted molar refractivity (Wildman–Crippen MR) is 69.9 cm³/mol. The summed E-state index contributed by atoms with van der Waals surface area (Å²) in [5.41, 5.74) is 7.01. The number of hydrogen-bond acceptors (Lipinski definition) is 2. The van der Waals surface area contributed by atoms with E-state index in [0.29, 0.717) is 11.8 Å². The van der Waals surface area contributed by atoms with E-state index in [1.54, 1.807) is 18.2 Å². The van der Waals surface area contributed by atoms with Crippen LogP contribution < -0.4 is 11.1 Å². The second kappa shape index (κ2) is 5.06. The van der Waals surface area contributed by atoms with Gasteiger partial charge in [-0.15, -0.1) is 0 Å². The number of nitrogen functional groups attached to an aromatic ring is 1. The minimum atomic E-state index is -0.834. The molecule has 0 atom stereocenters. The number of aryl methyl sites for hydroxylation is 1. The maximum atomic E-state index is 13.4. The zero-order valence-corrected chi connectivity index (χ0v) is 10.2. The van der Waals surface area contributed by atoms with Gasteiger partial charge in [-0.1, -0.05) is 11.6 Å². The summed E-state index contributed by atoms with van der Waals surface area (Å²) in [6, 6.07) is 7.91. The topological polar surface area (TPSA) is 55.1 Å². The maximum absolute atomic E-state index is 13.4. The van der Waals surface area contributed by atoms with Gasteiger partial charge >= 0.3 is 0 Å². The van der Waals surface area contributed by atoms with Gasteiger partial charge in [-0.25, -0.2) is 8.78 Å². The van der Waals surface area contributed by atoms with Gasteiger partial charge in [-0.3, -0.25) is 4.79 Å². The molecule has 98 valence electrons. The Morgan fingerprint density at radius 3 is 2.58 bits per heavy atom. The van der Waals surface area contributed by atoms with Gasteiger partial charge in [0.1, 0.15) is 11.6 Å². The number of halogens is 2. The summed E-state index contributed by atoms with van der Waals surface area (Å²) in [6.45, 7) is 1.81. The lowest BCUT2D eigenvalue weighted by atomic mass is 10.1. The normalized spacial score (nSPS) is 10.3. The van der Waals surface area contributed by atoms with Crippen LogP contribution in [0.15, 0.2) is 36.4 Å². The Labute approximate surface area is 109 Å². The van der Waals surface area contributed by atoms with Gasteiger partial charge in [0.2, 0.25) is 0 Å². The highest BCUT2D eigenvalue weighted by Crippen LogP contribution is 2.19. The average molecular weight is 262 g/mol. The van der Waals surface area contributed by atoms with Crippen LogP contribution in [0.25, 0.3) is 0 Å². The van der Waals surface area contributed by atoms with E-state index in [-0.39, 0.29) is 11.3 Å². The number of amides is 1. The molecule has 0 aromatic heterocycles. The highest BCUT2D eigenvalue weighted by molar-refractivity contribution is 6.07. The Balaban J connectivity index is 2.28. The van der Waals surface area contributed by atoms with Crippen LogP contribution in [0.4, 0.5) is 20.2 Å². The average Bonchev–Trinajstić information content (AvgIpc) is 2.35. The van der Waals surface area contributed by atoms with Crippen molar-refractivity contribution in [1.82, 2.24) is 0 Å². The van der Waals surface area contributed by atoms with Crippen molar-refractivity contribution in [3.8, 4) is 0 Å². The smallest absolute Gasteiger partial charge is 0.257 e. The molecule has 2 aromatic carbocycles. The van der Waals surface area contributed by atoms with Crippen LogP contribution in [0, 0.1) is 18.6 Å². The quantitative estimate of drug-likeness (QED) is 0.817. The van der Waals surface area contributed by atoms with E-state index >= 15 is 0 Å². The Kier molecular flexibility index (Phi) is 3.46. The van der Waals surface area contributed by atoms with E-state index in [9.17, 15) is 13.6 Å². The lowest BCUT2D eigenvalue weighted by molar-refractivity contribution is 0.102. The molecule has 0 aliphatic rings. The number of nitrogens with one attached hydrogen (secondary N) is 1. The van der Waals surface area contributed by atoms with Crippen molar-refractivity contribution in [3.05, 3.63) is 59.2 Å². The first-order chi connectivity index (χ1) is 8.97. The third-order valence-electron chi connectivity index (χ3n) is 2.63. The van der Waals surface area contributed by atoms with Gasteiger partial charge in [-0.05, 0) is 31.2 Å². The molecule has 2 rings (SSSR count). The highest BCUT2D eigenvalue weighted by Gasteiger charge is 2.12. The van der Waals surface area contributed by atoms with Crippen LogP contribution in [0.5, 0.6) is 0 Å². The van der Waals surface area contributed by atoms with Crippen LogP contribution in [0.1, 0.15) is 15.9 Å². The van der Waals surface area contributed by atoms with E-state index in [0.717, 1.165) is 17.7 Å². The van der Waals surface area contributed by atoms with Crippen molar-refractivity contribution in [2.24, 2.45) is 0 Å². The molecular formula is C14H12F2N2O. The largest absolute Gasteiger partial charge is 0.398 e. The molecule has 0 unspecified atom stereocenters. The van der Waals surface area contributed by atoms with E-state index in [4.69, 9.17) is 5.73 Å². The van der Waals surface area contributed by atoms with Gasteiger partial charge in [0.25, 0.3) is 5.91 Å². The fraction of sp³-hybridized carbons (Fsp3) is 0.0714. The van der Waals surface area contributed by atoms with E-state index in [1.807, 2.05) is 6.92 Å². The molecule has 0 saturated heterocycles. The van der Waals surface area contributed by atoms with Gasteiger partial charge < -0.3 is 11.1 Å². The molecule has 0 radical (unpaired) electrons. The van der Waals surface area contributed by atoms with Crippen molar-refractivity contribution < 1.29 is 13.6 Å². The Morgan fingerprint density at radius 1 is 1.16 bits per heavy atom. The van der Waals surface area contributed by atoms with Crippen molar-refractivity contribution in [3.63, 3.8) is 0 Å². The zero-order chi connectivity index (χ0) is 14.0. The highest BCUT2D eigenvalue weighted by atomic mass is 19.1. The van der Waals surface area contributed by atoms with Gasteiger partial charge in [0.15, 0.2) is 0 Å². The molecule has 0 saturated carbocycles. The lowest BCUT2D eigenvalue weighted by Gasteiger charge is -2.09. The molecule has 0 aliphatic heterocycles. The lowest BCUT2D eigenvalue weighted by Crippen LogP contribution is -2.15. The first-order valence-electron chi connectivity index (χ1n) is 5.60. The number of rotatable bonds is 2. The minimum absolute atomic E-state index is 0.0905. The molecule has 0 aliphatic carbocycles. The molecule has 3 nitrogen and oxygen atoms in total. The van der Waals surface area contributed by atoms with Crippen molar-refractivity contribution in [2.75, 3.05) is 11.1 Å². The second-order valence-corrected chi connectivity index (χ2v) is 4.17. The van der Waals surface area contributed by atoms with Gasteiger partial charge in [0.05, 0.1) is 11.3 Å². The van der Waals surface area contributed by atoms with Crippen molar-refractivity contribution >= 4 is 17.3 Å². The van der Waals surface area contributed by atoms with Crippen LogP contribution in [-0.2, 0) is 0 Å². The van der Waals surface area contributed by atoms with E-state index < -0.39 is 17.5 Å². The fourth-order valence-electron chi connectivity index (χ4n) is 1.65. The summed E-state index contributed by atoms with van der Waals surface area (Å²) in [5.74, 6) is -2.07. The Morgan fingerprint density at radius 2 is 1.89 bits per heavy atom. The molecule has 2 aromatic rings. The predicted octanol–water partition coefficient (Wildman–Crippen LogP) is 3.11. The summed E-state index contributed by atoms with van der Waals surface area (Å²) in [7, 11) is 0. The molecule has 19 heavy (non-hydrogen) atoms. The van der Waals surface area contributed by atoms with Crippen LogP contribution >= 0.6 is 0 Å². The summed E-state index contributed by atoms with van der Waals surface area (Å²) in [5, 5.41) is 2.36. The molecular weight excluding hydrogens is 250 g/mol. The number of benzene rings is 2. The molecule has 0 bridgehead atoms. The molecule has 0 heterocycles. The molecule has 5 heteroatoms. The van der Waals surface area contributed by atoms with Crippen molar-refractivity contribution in [1.29, 1.82) is 0 Å². The minimum Gasteiger partial charge on any atom is -0.398 e. The standard InChI is InChI=1S/C14H12F2N2O/c1-8-2-4-12(17)10(6-8)14(19)18-13-5-3-9(15)7-11(13)16/h2-7H,17H2,1H3,(H,18,19). The number of carbonyl (C=O) groups excluding carboxylic acids is 1. The molecule has 0 spiro atoms. The molecule has 1 amide bonds. The zero-order valence-electron chi connectivity index (χ0n) is 10.2. The fourth-order valence-corrected chi connectivity index (χ4v) is 1.65. The van der Waals surface area contributed by atoms with Crippen LogP contribution in [0.2, 0.25) is 0 Å². The van der Waals surface area contributed by atoms with Crippen molar-refractivity contribution in [2.45, 2.75) is 6.92 Å². The van der Waals surface area contributed by atoms with Crippen LogP contribution in [-0.4, -0.2) is 5.91 Å². The number of anilines is 2. The summed E-state index contributed by atoms with van der Waals surface area (Å²) >= 11 is 0. The van der Waals surface area contributed by atoms with E-state index in [2.05, 4.69) is 5.32 Å². The first kappa shape index (κ1) is 13.0. The second-order valence-electron chi connectivity index (χ2n) is 4.17. The Hall–Kier alpha value is -2.43. The SMILES string of the molecule is Cc1ccc(N)c(C(=O)Nc2ccc(F)cc2F)c1. The van der Waals surface area contributed by atoms with E-state index in [1.165, 1.54) is 0 Å².